The number of carbonyl (C=O) groups excluding carboxylic acids is 1. The van der Waals surface area contributed by atoms with Gasteiger partial charge in [-0.3, -0.25) is 9.59 Å². The van der Waals surface area contributed by atoms with Crippen LogP contribution in [0, 0.1) is 11.8 Å². The van der Waals surface area contributed by atoms with E-state index in [0.717, 1.165) is 29.5 Å². The van der Waals surface area contributed by atoms with E-state index in [1.165, 1.54) is 0 Å². The van der Waals surface area contributed by atoms with E-state index in [1.54, 1.807) is 0 Å². The Hall–Kier alpha value is -2.00. The second-order valence-electron chi connectivity index (χ2n) is 8.47. The summed E-state index contributed by atoms with van der Waals surface area (Å²) in [6.07, 6.45) is 3.28. The average Bonchev–Trinajstić information content (AvgIpc) is 3.51. The first-order valence-corrected chi connectivity index (χ1v) is 11.2. The van der Waals surface area contributed by atoms with Crippen LogP contribution in [0.15, 0.2) is 18.2 Å². The number of benzene rings is 1. The normalized spacial score (nSPS) is 25.0. The van der Waals surface area contributed by atoms with Crippen LogP contribution in [0.5, 0.6) is 0 Å². The predicted octanol–water partition coefficient (Wildman–Crippen LogP) is 2.72. The first-order valence-electron chi connectivity index (χ1n) is 11.2. The van der Waals surface area contributed by atoms with Crippen LogP contribution in [0.1, 0.15) is 61.4 Å². The van der Waals surface area contributed by atoms with Gasteiger partial charge in [-0.15, -0.1) is 0 Å². The molecule has 2 N–H and O–H groups in total. The number of carboxylic acids is 1. The van der Waals surface area contributed by atoms with Gasteiger partial charge in [-0.25, -0.2) is 0 Å². The summed E-state index contributed by atoms with van der Waals surface area (Å²) in [6, 6.07) is 6.00. The Labute approximate surface area is 182 Å². The summed E-state index contributed by atoms with van der Waals surface area (Å²) in [5.74, 6) is -0.542. The van der Waals surface area contributed by atoms with Crippen LogP contribution in [0.3, 0.4) is 0 Å². The molecule has 2 saturated heterocycles. The standard InChI is InChI=1S/C23H31NO7/c25-20(24-14-16-1-5-17(6-2-16)21(26)27)8-4-15-3-7-18(22-28-9-10-29-22)19(13-15)23-30-11-12-31-23/h3,7,13,16-17,22-23H,1-2,4-6,8-12,14H2,(H,24,25)(H,26,27)/t16-,17-. The molecular formula is C23H31NO7. The fourth-order valence-corrected chi connectivity index (χ4v) is 4.49. The molecule has 0 unspecified atom stereocenters. The molecule has 8 heteroatoms. The topological polar surface area (TPSA) is 103 Å². The van der Waals surface area contributed by atoms with E-state index in [1.807, 2.05) is 18.2 Å². The summed E-state index contributed by atoms with van der Waals surface area (Å²) in [7, 11) is 0. The van der Waals surface area contributed by atoms with E-state index >= 15 is 0 Å². The molecule has 1 aliphatic carbocycles. The van der Waals surface area contributed by atoms with E-state index in [2.05, 4.69) is 5.32 Å². The Kier molecular flexibility index (Phi) is 7.55. The molecule has 31 heavy (non-hydrogen) atoms. The number of nitrogens with one attached hydrogen (secondary N) is 1. The summed E-state index contributed by atoms with van der Waals surface area (Å²) in [4.78, 5) is 23.4. The first-order chi connectivity index (χ1) is 15.1. The van der Waals surface area contributed by atoms with Gasteiger partial charge in [0.15, 0.2) is 12.6 Å². The van der Waals surface area contributed by atoms with Gasteiger partial charge in [0.2, 0.25) is 5.91 Å². The zero-order valence-corrected chi connectivity index (χ0v) is 17.7. The fourth-order valence-electron chi connectivity index (χ4n) is 4.49. The minimum absolute atomic E-state index is 0.0156. The van der Waals surface area contributed by atoms with Gasteiger partial charge in [-0.2, -0.15) is 0 Å². The van der Waals surface area contributed by atoms with Gasteiger partial charge in [0.05, 0.1) is 32.3 Å². The molecule has 0 atom stereocenters. The summed E-state index contributed by atoms with van der Waals surface area (Å²) in [6.45, 7) is 2.86. The van der Waals surface area contributed by atoms with Crippen LogP contribution in [0.25, 0.3) is 0 Å². The van der Waals surface area contributed by atoms with Gasteiger partial charge in [0, 0.05) is 24.1 Å². The van der Waals surface area contributed by atoms with Crippen molar-refractivity contribution in [2.75, 3.05) is 33.0 Å². The molecule has 3 fully saturated rings. The molecule has 1 aromatic rings. The molecule has 1 saturated carbocycles. The second kappa shape index (κ2) is 10.5. The predicted molar refractivity (Wildman–Crippen MR) is 110 cm³/mol. The minimum Gasteiger partial charge on any atom is -0.481 e. The lowest BCUT2D eigenvalue weighted by Crippen LogP contribution is -2.32. The molecule has 2 aliphatic heterocycles. The van der Waals surface area contributed by atoms with Gasteiger partial charge < -0.3 is 29.4 Å². The number of amides is 1. The van der Waals surface area contributed by atoms with E-state index in [9.17, 15) is 9.59 Å². The summed E-state index contributed by atoms with van der Waals surface area (Å²) in [5.41, 5.74) is 2.85. The summed E-state index contributed by atoms with van der Waals surface area (Å²) >= 11 is 0. The quantitative estimate of drug-likeness (QED) is 0.650. The van der Waals surface area contributed by atoms with Gasteiger partial charge in [-0.05, 0) is 43.6 Å². The Morgan fingerprint density at radius 2 is 1.52 bits per heavy atom. The largest absolute Gasteiger partial charge is 0.481 e. The Balaban J connectivity index is 1.28. The maximum Gasteiger partial charge on any atom is 0.306 e. The summed E-state index contributed by atoms with van der Waals surface area (Å²) in [5, 5.41) is 12.1. The number of aryl methyl sites for hydroxylation is 1. The highest BCUT2D eigenvalue weighted by molar-refractivity contribution is 5.76. The van der Waals surface area contributed by atoms with Crippen LogP contribution >= 0.6 is 0 Å². The van der Waals surface area contributed by atoms with Crippen molar-refractivity contribution in [1.29, 1.82) is 0 Å². The van der Waals surface area contributed by atoms with Crippen molar-refractivity contribution in [3.8, 4) is 0 Å². The fraction of sp³-hybridized carbons (Fsp3) is 0.652. The van der Waals surface area contributed by atoms with E-state index < -0.39 is 18.5 Å². The highest BCUT2D eigenvalue weighted by Gasteiger charge is 2.29. The van der Waals surface area contributed by atoms with Crippen LogP contribution in [-0.2, 0) is 35.0 Å². The van der Waals surface area contributed by atoms with Crippen molar-refractivity contribution in [2.45, 2.75) is 51.1 Å². The number of hydrogen-bond donors (Lipinski definition) is 2. The molecule has 4 rings (SSSR count). The molecule has 1 aromatic carbocycles. The smallest absolute Gasteiger partial charge is 0.306 e. The highest BCUT2D eigenvalue weighted by Crippen LogP contribution is 2.34. The van der Waals surface area contributed by atoms with Gasteiger partial charge in [0.1, 0.15) is 0 Å². The molecule has 3 aliphatic rings. The van der Waals surface area contributed by atoms with Crippen molar-refractivity contribution >= 4 is 11.9 Å². The van der Waals surface area contributed by atoms with E-state index in [4.69, 9.17) is 24.1 Å². The van der Waals surface area contributed by atoms with Crippen molar-refractivity contribution in [2.24, 2.45) is 11.8 Å². The lowest BCUT2D eigenvalue weighted by Gasteiger charge is -2.26. The average molecular weight is 434 g/mol. The van der Waals surface area contributed by atoms with Gasteiger partial charge in [0.25, 0.3) is 0 Å². The number of ether oxygens (including phenoxy) is 4. The third kappa shape index (κ3) is 5.83. The maximum atomic E-state index is 12.4. The SMILES string of the molecule is O=C(CCc1ccc(C2OCCO2)c(C2OCCO2)c1)NC[C@H]1CC[C@H](C(=O)O)CC1. The van der Waals surface area contributed by atoms with E-state index in [0.29, 0.717) is 64.6 Å². The van der Waals surface area contributed by atoms with Crippen molar-refractivity contribution in [1.82, 2.24) is 5.32 Å². The Morgan fingerprint density at radius 3 is 2.13 bits per heavy atom. The molecular weight excluding hydrogens is 402 g/mol. The molecule has 170 valence electrons. The van der Waals surface area contributed by atoms with E-state index in [-0.39, 0.29) is 11.8 Å². The van der Waals surface area contributed by atoms with Gasteiger partial charge in [-0.1, -0.05) is 18.2 Å². The monoisotopic (exact) mass is 433 g/mol. The van der Waals surface area contributed by atoms with Crippen LogP contribution in [0.2, 0.25) is 0 Å². The highest BCUT2D eigenvalue weighted by atomic mass is 16.7. The number of aliphatic carboxylic acids is 1. The Morgan fingerprint density at radius 1 is 0.903 bits per heavy atom. The first kappa shape index (κ1) is 22.2. The third-order valence-electron chi connectivity index (χ3n) is 6.33. The zero-order valence-electron chi connectivity index (χ0n) is 17.7. The van der Waals surface area contributed by atoms with Crippen LogP contribution < -0.4 is 5.32 Å². The number of carboxylic acid groups (broad SMARTS) is 1. The van der Waals surface area contributed by atoms with Crippen molar-refractivity contribution in [3.05, 3.63) is 34.9 Å². The molecule has 0 bridgehead atoms. The van der Waals surface area contributed by atoms with Gasteiger partial charge >= 0.3 is 5.97 Å². The molecule has 0 spiro atoms. The van der Waals surface area contributed by atoms with Crippen molar-refractivity contribution in [3.63, 3.8) is 0 Å². The van der Waals surface area contributed by atoms with Crippen molar-refractivity contribution < 1.29 is 33.6 Å². The minimum atomic E-state index is -0.702. The maximum absolute atomic E-state index is 12.4. The number of rotatable bonds is 8. The zero-order chi connectivity index (χ0) is 21.6. The Bertz CT molecular complexity index is 763. The molecule has 2 heterocycles. The van der Waals surface area contributed by atoms with Crippen LogP contribution in [0.4, 0.5) is 0 Å². The second-order valence-corrected chi connectivity index (χ2v) is 8.47. The third-order valence-corrected chi connectivity index (χ3v) is 6.33. The number of carbonyl (C=O) groups is 2. The lowest BCUT2D eigenvalue weighted by molar-refractivity contribution is -0.143. The molecule has 0 aromatic heterocycles. The molecule has 8 nitrogen and oxygen atoms in total. The number of hydrogen-bond acceptors (Lipinski definition) is 6. The van der Waals surface area contributed by atoms with Crippen LogP contribution in [-0.4, -0.2) is 50.0 Å². The molecule has 1 amide bonds. The lowest BCUT2D eigenvalue weighted by atomic mass is 9.82. The molecule has 0 radical (unpaired) electrons. The summed E-state index contributed by atoms with van der Waals surface area (Å²) < 4.78 is 22.7.